The zero-order valence-electron chi connectivity index (χ0n) is 11.1. The lowest BCUT2D eigenvalue weighted by Gasteiger charge is -2.29. The predicted molar refractivity (Wildman–Crippen MR) is 76.3 cm³/mol. The summed E-state index contributed by atoms with van der Waals surface area (Å²) in [4.78, 5) is 0. The molecule has 2 heteroatoms. The fourth-order valence-electron chi connectivity index (χ4n) is 4.05. The third kappa shape index (κ3) is 0.779. The Bertz CT molecular complexity index is 664. The number of para-hydroxylation sites is 3. The number of fused-ring (bicyclic) bond motifs is 4. The molecular formula is C16H18N2+2. The van der Waals surface area contributed by atoms with E-state index in [-0.39, 0.29) is 0 Å². The second kappa shape index (κ2) is 2.85. The lowest BCUT2D eigenvalue weighted by atomic mass is 10.1. The summed E-state index contributed by atoms with van der Waals surface area (Å²) in [7, 11) is 2.35. The van der Waals surface area contributed by atoms with E-state index < -0.39 is 0 Å². The molecule has 3 atom stereocenters. The Morgan fingerprint density at radius 3 is 2.06 bits per heavy atom. The first-order valence-electron chi connectivity index (χ1n) is 6.57. The van der Waals surface area contributed by atoms with Crippen LogP contribution in [-0.4, -0.2) is 13.2 Å². The van der Waals surface area contributed by atoms with Gasteiger partial charge in [0.1, 0.15) is 7.05 Å². The van der Waals surface area contributed by atoms with E-state index in [0.717, 1.165) is 9.18 Å². The molecule has 0 bridgehead atoms. The highest BCUT2D eigenvalue weighted by molar-refractivity contribution is 5.90. The summed E-state index contributed by atoms with van der Waals surface area (Å²) in [5.41, 5.74) is 5.79. The van der Waals surface area contributed by atoms with Crippen LogP contribution in [0.2, 0.25) is 0 Å². The zero-order chi connectivity index (χ0) is 12.5. The quantitative estimate of drug-likeness (QED) is 0.523. The molecule has 2 aromatic rings. The molecule has 1 fully saturated rings. The third-order valence-electron chi connectivity index (χ3n) is 5.09. The smallest absolute Gasteiger partial charge is 0.0683 e. The molecule has 0 radical (unpaired) electrons. The lowest BCUT2D eigenvalue weighted by Crippen LogP contribution is -2.47. The van der Waals surface area contributed by atoms with Crippen LogP contribution in [-0.2, 0) is 0 Å². The van der Waals surface area contributed by atoms with Crippen LogP contribution in [0.4, 0.5) is 17.1 Å². The lowest BCUT2D eigenvalue weighted by molar-refractivity contribution is 0.382. The molecule has 0 saturated carbocycles. The molecule has 18 heavy (non-hydrogen) atoms. The Morgan fingerprint density at radius 1 is 0.833 bits per heavy atom. The van der Waals surface area contributed by atoms with E-state index >= 15 is 0 Å². The second-order valence-corrected chi connectivity index (χ2v) is 5.62. The maximum Gasteiger partial charge on any atom is 0.315 e. The average molecular weight is 238 g/mol. The van der Waals surface area contributed by atoms with Gasteiger partial charge < -0.3 is 0 Å². The Hall–Kier alpha value is -1.64. The summed E-state index contributed by atoms with van der Waals surface area (Å²) in [6.07, 6.45) is 0.600. The number of nitrogens with zero attached hydrogens (tertiary/aromatic N) is 2. The molecule has 0 aromatic heterocycles. The van der Waals surface area contributed by atoms with Crippen molar-refractivity contribution in [1.82, 2.24) is 9.18 Å². The van der Waals surface area contributed by atoms with Gasteiger partial charge in [-0.15, -0.1) is 0 Å². The van der Waals surface area contributed by atoms with Crippen molar-refractivity contribution in [2.75, 3.05) is 7.05 Å². The predicted octanol–water partition coefficient (Wildman–Crippen LogP) is 3.86. The first-order chi connectivity index (χ1) is 8.65. The minimum absolute atomic E-state index is 0.600. The van der Waals surface area contributed by atoms with Crippen molar-refractivity contribution < 1.29 is 0 Å². The molecule has 4 rings (SSSR count). The van der Waals surface area contributed by atoms with Crippen LogP contribution < -0.4 is 9.18 Å². The van der Waals surface area contributed by atoms with Crippen molar-refractivity contribution in [3.05, 3.63) is 54.1 Å². The largest absolute Gasteiger partial charge is 0.315 e. The molecule has 0 N–H and O–H groups in total. The standard InChI is InChI=1S/C16H18N2/c1-12-8-4-5-9-14(12)18-13(2)17(18,3)15-10-6-7-11-16(15)18/h4-11,13H,1-3H3/q+2/t13-,17+,18?/m0/s1. The topological polar surface area (TPSA) is 0 Å². The zero-order valence-corrected chi connectivity index (χ0v) is 11.1. The van der Waals surface area contributed by atoms with Crippen LogP contribution in [0.5, 0.6) is 0 Å². The van der Waals surface area contributed by atoms with Crippen molar-refractivity contribution in [3.63, 3.8) is 0 Å². The van der Waals surface area contributed by atoms with E-state index in [1.807, 2.05) is 0 Å². The van der Waals surface area contributed by atoms with E-state index in [2.05, 4.69) is 69.4 Å². The van der Waals surface area contributed by atoms with Gasteiger partial charge in [0.25, 0.3) is 11.4 Å². The van der Waals surface area contributed by atoms with Crippen molar-refractivity contribution in [2.45, 2.75) is 20.0 Å². The monoisotopic (exact) mass is 238 g/mol. The van der Waals surface area contributed by atoms with Gasteiger partial charge in [0.15, 0.2) is 5.69 Å². The Balaban J connectivity index is 2.01. The first-order valence-corrected chi connectivity index (χ1v) is 6.57. The number of aryl methyl sites for hydroxylation is 1. The second-order valence-electron chi connectivity index (χ2n) is 5.62. The Labute approximate surface area is 108 Å². The van der Waals surface area contributed by atoms with Gasteiger partial charge in [0, 0.05) is 23.8 Å². The summed E-state index contributed by atoms with van der Waals surface area (Å²) in [5, 5.41) is 0. The highest BCUT2D eigenvalue weighted by Gasteiger charge is 2.90. The van der Waals surface area contributed by atoms with Gasteiger partial charge in [-0.2, -0.15) is 0 Å². The number of hydrogen-bond acceptors (Lipinski definition) is 0. The molecule has 1 saturated heterocycles. The summed E-state index contributed by atoms with van der Waals surface area (Å²) in [6.45, 7) is 4.57. The normalized spacial score (nSPS) is 35.4. The molecule has 2 aliphatic heterocycles. The van der Waals surface area contributed by atoms with Gasteiger partial charge in [-0.3, -0.25) is 0 Å². The molecule has 2 aromatic carbocycles. The van der Waals surface area contributed by atoms with Crippen LogP contribution in [0.1, 0.15) is 12.5 Å². The van der Waals surface area contributed by atoms with E-state index in [1.165, 1.54) is 22.6 Å². The van der Waals surface area contributed by atoms with E-state index in [0.29, 0.717) is 6.17 Å². The summed E-state index contributed by atoms with van der Waals surface area (Å²) >= 11 is 0. The van der Waals surface area contributed by atoms with Gasteiger partial charge in [-0.25, -0.2) is 0 Å². The highest BCUT2D eigenvalue weighted by atomic mass is 16.1. The minimum atomic E-state index is 0.600. The molecule has 2 aliphatic rings. The van der Waals surface area contributed by atoms with Gasteiger partial charge in [-0.05, 0) is 11.5 Å². The summed E-state index contributed by atoms with van der Waals surface area (Å²) < 4.78 is 2.03. The van der Waals surface area contributed by atoms with Crippen LogP contribution in [0.15, 0.2) is 48.5 Å². The van der Waals surface area contributed by atoms with Crippen LogP contribution >= 0.6 is 0 Å². The number of benzene rings is 2. The summed E-state index contributed by atoms with van der Waals surface area (Å²) in [5.74, 6) is 0. The molecule has 0 amide bonds. The maximum atomic E-state index is 2.35. The van der Waals surface area contributed by atoms with E-state index in [4.69, 9.17) is 0 Å². The first kappa shape index (κ1) is 10.3. The summed E-state index contributed by atoms with van der Waals surface area (Å²) in [6, 6.07) is 17.7. The Morgan fingerprint density at radius 2 is 1.39 bits per heavy atom. The van der Waals surface area contributed by atoms with Crippen molar-refractivity contribution >= 4 is 17.1 Å². The van der Waals surface area contributed by atoms with Crippen LogP contribution in [0, 0.1) is 6.92 Å². The van der Waals surface area contributed by atoms with Crippen LogP contribution in [0.3, 0.4) is 0 Å². The average Bonchev–Trinajstić information content (AvgIpc) is 2.81. The number of rotatable bonds is 1. The van der Waals surface area contributed by atoms with E-state index in [1.54, 1.807) is 0 Å². The third-order valence-corrected chi connectivity index (χ3v) is 5.09. The molecule has 0 aliphatic carbocycles. The van der Waals surface area contributed by atoms with Crippen molar-refractivity contribution in [3.8, 4) is 0 Å². The van der Waals surface area contributed by atoms with Gasteiger partial charge in [0.2, 0.25) is 0 Å². The number of hydrogen-bond donors (Lipinski definition) is 0. The van der Waals surface area contributed by atoms with Crippen molar-refractivity contribution in [2.24, 2.45) is 0 Å². The Kier molecular flexibility index (Phi) is 1.63. The molecule has 90 valence electrons. The molecule has 2 nitrogen and oxygen atoms in total. The minimum Gasteiger partial charge on any atom is -0.0683 e. The highest BCUT2D eigenvalue weighted by Crippen LogP contribution is 2.71. The fraction of sp³-hybridized carbons (Fsp3) is 0.250. The van der Waals surface area contributed by atoms with Gasteiger partial charge in [0.05, 0.1) is 6.92 Å². The van der Waals surface area contributed by atoms with Gasteiger partial charge >= 0.3 is 6.17 Å². The molecule has 2 heterocycles. The maximum absolute atomic E-state index is 2.35. The fourth-order valence-corrected chi connectivity index (χ4v) is 4.05. The van der Waals surface area contributed by atoms with Gasteiger partial charge in [-0.1, -0.05) is 34.9 Å². The molecule has 0 spiro atoms. The SMILES string of the molecule is Cc1ccccc1[N+]12c3ccccc3[N@@+]1(C)[C@@H]2C. The molecule has 1 unspecified atom stereocenters. The molecular weight excluding hydrogens is 220 g/mol. The van der Waals surface area contributed by atoms with Crippen LogP contribution in [0.25, 0.3) is 0 Å². The number of quaternary nitrogens is 2. The van der Waals surface area contributed by atoms with E-state index in [9.17, 15) is 0 Å². The van der Waals surface area contributed by atoms with Crippen molar-refractivity contribution in [1.29, 1.82) is 0 Å².